The minimum atomic E-state index is -0.0127. The number of carbonyl (C=O) groups excluding carboxylic acids is 1. The van der Waals surface area contributed by atoms with E-state index in [1.807, 2.05) is 18.4 Å². The van der Waals surface area contributed by atoms with E-state index in [1.54, 1.807) is 22.7 Å². The first-order chi connectivity index (χ1) is 10.7. The van der Waals surface area contributed by atoms with E-state index < -0.39 is 0 Å². The number of rotatable bonds is 3. The van der Waals surface area contributed by atoms with Crippen LogP contribution in [0.2, 0.25) is 5.02 Å². The Bertz CT molecular complexity index is 688. The van der Waals surface area contributed by atoms with Gasteiger partial charge in [0, 0.05) is 28.6 Å². The number of hydrogen-bond acceptors (Lipinski definition) is 3. The van der Waals surface area contributed by atoms with Crippen molar-refractivity contribution >= 4 is 29.3 Å². The molecule has 0 N–H and O–H groups in total. The van der Waals surface area contributed by atoms with Crippen LogP contribution in [0.1, 0.15) is 11.1 Å². The van der Waals surface area contributed by atoms with Crippen molar-refractivity contribution in [3.05, 3.63) is 58.6 Å². The molecule has 1 heterocycles. The normalized spacial score (nSPS) is 14.3. The highest BCUT2D eigenvalue weighted by Crippen LogP contribution is 2.27. The van der Waals surface area contributed by atoms with Crippen LogP contribution in [-0.2, 0) is 17.9 Å². The third-order valence-electron chi connectivity index (χ3n) is 3.62. The third-order valence-corrected chi connectivity index (χ3v) is 4.60. The molecule has 0 saturated heterocycles. The van der Waals surface area contributed by atoms with Gasteiger partial charge < -0.3 is 9.64 Å². The summed E-state index contributed by atoms with van der Waals surface area (Å²) in [6.45, 7) is 1.15. The maximum Gasteiger partial charge on any atom is 0.261 e. The molecule has 0 spiro atoms. The quantitative estimate of drug-likeness (QED) is 0.796. The van der Waals surface area contributed by atoms with Crippen molar-refractivity contribution in [3.8, 4) is 5.75 Å². The van der Waals surface area contributed by atoms with E-state index in [-0.39, 0.29) is 12.5 Å². The first-order valence-corrected chi connectivity index (χ1v) is 8.58. The smallest absolute Gasteiger partial charge is 0.261 e. The first kappa shape index (κ1) is 15.3. The maximum atomic E-state index is 12.3. The SMILES string of the molecule is CSc1ccc(CN2Cc3cc(Cl)ccc3OCC2=O)cc1. The summed E-state index contributed by atoms with van der Waals surface area (Å²) in [6.07, 6.45) is 2.05. The van der Waals surface area contributed by atoms with E-state index in [4.69, 9.17) is 16.3 Å². The molecule has 0 aromatic heterocycles. The van der Waals surface area contributed by atoms with E-state index in [1.165, 1.54) is 4.90 Å². The lowest BCUT2D eigenvalue weighted by atomic mass is 10.1. The van der Waals surface area contributed by atoms with Crippen LogP contribution in [0, 0.1) is 0 Å². The van der Waals surface area contributed by atoms with Crippen molar-refractivity contribution in [2.45, 2.75) is 18.0 Å². The molecule has 22 heavy (non-hydrogen) atoms. The highest BCUT2D eigenvalue weighted by molar-refractivity contribution is 7.98. The molecule has 1 amide bonds. The highest BCUT2D eigenvalue weighted by atomic mass is 35.5. The summed E-state index contributed by atoms with van der Waals surface area (Å²) in [5, 5.41) is 0.654. The molecule has 0 unspecified atom stereocenters. The molecule has 0 atom stereocenters. The lowest BCUT2D eigenvalue weighted by Gasteiger charge is -2.20. The van der Waals surface area contributed by atoms with Crippen LogP contribution in [0.5, 0.6) is 5.75 Å². The minimum Gasteiger partial charge on any atom is -0.483 e. The molecule has 1 aliphatic heterocycles. The second-order valence-corrected chi connectivity index (χ2v) is 6.45. The van der Waals surface area contributed by atoms with E-state index in [9.17, 15) is 4.79 Å². The number of halogens is 1. The molecule has 0 saturated carbocycles. The predicted octanol–water partition coefficient (Wildman–Crippen LogP) is 3.98. The Balaban J connectivity index is 1.81. The largest absolute Gasteiger partial charge is 0.483 e. The maximum absolute atomic E-state index is 12.3. The van der Waals surface area contributed by atoms with E-state index in [2.05, 4.69) is 24.3 Å². The van der Waals surface area contributed by atoms with Gasteiger partial charge in [0.25, 0.3) is 5.91 Å². The summed E-state index contributed by atoms with van der Waals surface area (Å²) in [5.74, 6) is 0.722. The fourth-order valence-corrected chi connectivity index (χ4v) is 3.04. The Morgan fingerprint density at radius 2 is 2.00 bits per heavy atom. The van der Waals surface area contributed by atoms with Crippen molar-refractivity contribution in [2.75, 3.05) is 12.9 Å². The van der Waals surface area contributed by atoms with Gasteiger partial charge in [0.15, 0.2) is 6.61 Å². The monoisotopic (exact) mass is 333 g/mol. The Hall–Kier alpha value is -1.65. The van der Waals surface area contributed by atoms with Gasteiger partial charge >= 0.3 is 0 Å². The molecular weight excluding hydrogens is 318 g/mol. The average molecular weight is 334 g/mol. The van der Waals surface area contributed by atoms with Crippen molar-refractivity contribution < 1.29 is 9.53 Å². The Labute approximate surface area is 139 Å². The fourth-order valence-electron chi connectivity index (χ4n) is 2.43. The lowest BCUT2D eigenvalue weighted by Crippen LogP contribution is -2.31. The Morgan fingerprint density at radius 1 is 1.23 bits per heavy atom. The third kappa shape index (κ3) is 3.39. The average Bonchev–Trinajstić information content (AvgIpc) is 2.68. The van der Waals surface area contributed by atoms with Crippen LogP contribution in [0.4, 0.5) is 0 Å². The molecule has 3 nitrogen and oxygen atoms in total. The summed E-state index contributed by atoms with van der Waals surface area (Å²) in [6, 6.07) is 13.7. The van der Waals surface area contributed by atoms with Crippen molar-refractivity contribution in [2.24, 2.45) is 0 Å². The van der Waals surface area contributed by atoms with Crippen LogP contribution in [0.15, 0.2) is 47.4 Å². The second kappa shape index (κ2) is 6.63. The number of fused-ring (bicyclic) bond motifs is 1. The number of amides is 1. The predicted molar refractivity (Wildman–Crippen MR) is 89.4 cm³/mol. The molecule has 0 bridgehead atoms. The molecular formula is C17H16ClNO2S. The van der Waals surface area contributed by atoms with Crippen LogP contribution >= 0.6 is 23.4 Å². The van der Waals surface area contributed by atoms with Gasteiger partial charge in [-0.1, -0.05) is 23.7 Å². The zero-order valence-corrected chi connectivity index (χ0v) is 13.8. The fraction of sp³-hybridized carbons (Fsp3) is 0.235. The van der Waals surface area contributed by atoms with Crippen LogP contribution in [-0.4, -0.2) is 23.7 Å². The highest BCUT2D eigenvalue weighted by Gasteiger charge is 2.21. The lowest BCUT2D eigenvalue weighted by molar-refractivity contribution is -0.133. The van der Waals surface area contributed by atoms with E-state index in [0.29, 0.717) is 18.1 Å². The van der Waals surface area contributed by atoms with Crippen molar-refractivity contribution in [1.29, 1.82) is 0 Å². The van der Waals surface area contributed by atoms with Gasteiger partial charge in [-0.2, -0.15) is 0 Å². The molecule has 0 aliphatic carbocycles. The Kier molecular flexibility index (Phi) is 4.60. The first-order valence-electron chi connectivity index (χ1n) is 6.97. The van der Waals surface area contributed by atoms with Crippen LogP contribution in [0.25, 0.3) is 0 Å². The zero-order valence-electron chi connectivity index (χ0n) is 12.2. The molecule has 1 aliphatic rings. The summed E-state index contributed by atoms with van der Waals surface area (Å²) in [7, 11) is 0. The number of hydrogen-bond donors (Lipinski definition) is 0. The van der Waals surface area contributed by atoms with Gasteiger partial charge in [-0.15, -0.1) is 11.8 Å². The van der Waals surface area contributed by atoms with Gasteiger partial charge in [-0.05, 0) is 42.2 Å². The van der Waals surface area contributed by atoms with Gasteiger partial charge in [0.1, 0.15) is 5.75 Å². The van der Waals surface area contributed by atoms with Gasteiger partial charge in [-0.3, -0.25) is 4.79 Å². The topological polar surface area (TPSA) is 29.5 Å². The van der Waals surface area contributed by atoms with Gasteiger partial charge in [0.2, 0.25) is 0 Å². The van der Waals surface area contributed by atoms with Gasteiger partial charge in [0.05, 0.1) is 0 Å². The number of ether oxygens (including phenoxy) is 1. The molecule has 114 valence electrons. The number of benzene rings is 2. The number of carbonyl (C=O) groups is 1. The molecule has 2 aromatic carbocycles. The summed E-state index contributed by atoms with van der Waals surface area (Å²) in [5.41, 5.74) is 2.05. The molecule has 5 heteroatoms. The summed E-state index contributed by atoms with van der Waals surface area (Å²) < 4.78 is 5.57. The molecule has 0 radical (unpaired) electrons. The number of nitrogens with zero attached hydrogens (tertiary/aromatic N) is 1. The summed E-state index contributed by atoms with van der Waals surface area (Å²) >= 11 is 7.75. The van der Waals surface area contributed by atoms with Crippen molar-refractivity contribution in [1.82, 2.24) is 4.90 Å². The van der Waals surface area contributed by atoms with E-state index in [0.717, 1.165) is 16.9 Å². The molecule has 3 rings (SSSR count). The molecule has 0 fully saturated rings. The summed E-state index contributed by atoms with van der Waals surface area (Å²) in [4.78, 5) is 15.3. The van der Waals surface area contributed by atoms with Gasteiger partial charge in [-0.25, -0.2) is 0 Å². The van der Waals surface area contributed by atoms with Crippen molar-refractivity contribution in [3.63, 3.8) is 0 Å². The minimum absolute atomic E-state index is 0.0127. The second-order valence-electron chi connectivity index (χ2n) is 5.14. The number of thioether (sulfide) groups is 1. The zero-order chi connectivity index (χ0) is 15.5. The van der Waals surface area contributed by atoms with Crippen LogP contribution < -0.4 is 4.74 Å². The Morgan fingerprint density at radius 3 is 2.73 bits per heavy atom. The van der Waals surface area contributed by atoms with Crippen LogP contribution in [0.3, 0.4) is 0 Å². The molecule has 2 aromatic rings. The standard InChI is InChI=1S/C17H16ClNO2S/c1-22-15-5-2-12(3-6-15)9-19-10-13-8-14(18)4-7-16(13)21-11-17(19)20/h2-8H,9-11H2,1H3. The van der Waals surface area contributed by atoms with E-state index >= 15 is 0 Å².